The molecule has 1 aliphatic rings. The van der Waals surface area contributed by atoms with Gasteiger partial charge in [-0.25, -0.2) is 0 Å². The highest BCUT2D eigenvalue weighted by molar-refractivity contribution is 7.81. The van der Waals surface area contributed by atoms with Crippen LogP contribution in [-0.2, 0) is 0 Å². The van der Waals surface area contributed by atoms with Crippen LogP contribution in [0.25, 0.3) is 0 Å². The van der Waals surface area contributed by atoms with Gasteiger partial charge in [0.05, 0.1) is 13.7 Å². The molecule has 1 unspecified atom stereocenters. The summed E-state index contributed by atoms with van der Waals surface area (Å²) < 4.78 is 5.06. The lowest BCUT2D eigenvalue weighted by atomic mass is 10.1. The van der Waals surface area contributed by atoms with Gasteiger partial charge in [-0.2, -0.15) is 12.6 Å². The Morgan fingerprint density at radius 3 is 2.71 bits per heavy atom. The largest absolute Gasteiger partial charge is 0.497 e. The second-order valence-electron chi connectivity index (χ2n) is 4.33. The molecule has 1 aliphatic heterocycles. The number of carbonyl (C=O) groups is 1. The van der Waals surface area contributed by atoms with Crippen molar-refractivity contribution in [1.29, 1.82) is 0 Å². The summed E-state index contributed by atoms with van der Waals surface area (Å²) in [5.74, 6) is 0.938. The predicted molar refractivity (Wildman–Crippen MR) is 71.2 cm³/mol. The molecule has 1 aromatic rings. The fourth-order valence-electron chi connectivity index (χ4n) is 2.03. The molecule has 1 aromatic carbocycles. The van der Waals surface area contributed by atoms with Crippen molar-refractivity contribution in [3.8, 4) is 5.75 Å². The minimum atomic E-state index is 0.162. The lowest BCUT2D eigenvalue weighted by molar-refractivity contribution is 0.0945. The standard InChI is InChI=1S/C13H17NO2S/c1-16-11-4-2-10(3-5-11)13(15)9-14-7-6-12(17)8-14/h2-5,12,17H,6-9H2,1H3. The van der Waals surface area contributed by atoms with E-state index in [-0.39, 0.29) is 5.78 Å². The molecule has 1 fully saturated rings. The number of carbonyl (C=O) groups excluding carboxylic acids is 1. The Labute approximate surface area is 107 Å². The van der Waals surface area contributed by atoms with Crippen LogP contribution in [0, 0.1) is 0 Å². The highest BCUT2D eigenvalue weighted by Gasteiger charge is 2.21. The van der Waals surface area contributed by atoms with Crippen LogP contribution >= 0.6 is 12.6 Å². The Morgan fingerprint density at radius 1 is 1.47 bits per heavy atom. The third-order valence-electron chi connectivity index (χ3n) is 3.03. The van der Waals surface area contributed by atoms with E-state index in [1.54, 1.807) is 7.11 Å². The van der Waals surface area contributed by atoms with E-state index in [1.165, 1.54) is 0 Å². The second kappa shape index (κ2) is 5.56. The lowest BCUT2D eigenvalue weighted by Crippen LogP contribution is -2.27. The summed E-state index contributed by atoms with van der Waals surface area (Å²) in [6, 6.07) is 7.27. The van der Waals surface area contributed by atoms with Crippen molar-refractivity contribution in [1.82, 2.24) is 4.90 Å². The van der Waals surface area contributed by atoms with E-state index in [4.69, 9.17) is 4.74 Å². The molecule has 0 amide bonds. The number of hydrogen-bond donors (Lipinski definition) is 1. The molecule has 17 heavy (non-hydrogen) atoms. The van der Waals surface area contributed by atoms with Gasteiger partial charge in [0.1, 0.15) is 5.75 Å². The van der Waals surface area contributed by atoms with Crippen molar-refractivity contribution < 1.29 is 9.53 Å². The molecule has 1 heterocycles. The zero-order chi connectivity index (χ0) is 12.3. The Balaban J connectivity index is 1.94. The minimum Gasteiger partial charge on any atom is -0.497 e. The number of ether oxygens (including phenoxy) is 1. The molecule has 0 spiro atoms. The normalized spacial score (nSPS) is 20.5. The van der Waals surface area contributed by atoms with Gasteiger partial charge in [-0.1, -0.05) is 0 Å². The monoisotopic (exact) mass is 251 g/mol. The Kier molecular flexibility index (Phi) is 4.07. The summed E-state index contributed by atoms with van der Waals surface area (Å²) in [7, 11) is 1.62. The highest BCUT2D eigenvalue weighted by atomic mass is 32.1. The average molecular weight is 251 g/mol. The maximum atomic E-state index is 12.0. The predicted octanol–water partition coefficient (Wildman–Crippen LogP) is 1.88. The number of nitrogens with zero attached hydrogens (tertiary/aromatic N) is 1. The molecule has 92 valence electrons. The zero-order valence-corrected chi connectivity index (χ0v) is 10.8. The molecule has 0 bridgehead atoms. The van der Waals surface area contributed by atoms with E-state index in [2.05, 4.69) is 17.5 Å². The average Bonchev–Trinajstić information content (AvgIpc) is 2.75. The third-order valence-corrected chi connectivity index (χ3v) is 3.45. The number of ketones is 1. The molecule has 1 saturated heterocycles. The van der Waals surface area contributed by atoms with Gasteiger partial charge in [0.2, 0.25) is 0 Å². The maximum Gasteiger partial charge on any atom is 0.176 e. The van der Waals surface area contributed by atoms with Crippen LogP contribution in [0.1, 0.15) is 16.8 Å². The molecule has 3 nitrogen and oxygen atoms in total. The van der Waals surface area contributed by atoms with E-state index in [0.29, 0.717) is 11.8 Å². The summed E-state index contributed by atoms with van der Waals surface area (Å²) in [6.07, 6.45) is 1.07. The van der Waals surface area contributed by atoms with Gasteiger partial charge in [0.25, 0.3) is 0 Å². The Morgan fingerprint density at radius 2 is 2.18 bits per heavy atom. The molecular weight excluding hydrogens is 234 g/mol. The molecule has 0 aromatic heterocycles. The van der Waals surface area contributed by atoms with Crippen LogP contribution in [0.3, 0.4) is 0 Å². The molecule has 0 radical (unpaired) electrons. The topological polar surface area (TPSA) is 29.5 Å². The minimum absolute atomic E-state index is 0.162. The first-order valence-corrected chi connectivity index (χ1v) is 6.28. The van der Waals surface area contributed by atoms with Crippen LogP contribution in [-0.4, -0.2) is 42.7 Å². The number of likely N-dealkylation sites (tertiary alicyclic amines) is 1. The first-order valence-electron chi connectivity index (χ1n) is 5.76. The quantitative estimate of drug-likeness (QED) is 0.654. The van der Waals surface area contributed by atoms with Crippen molar-refractivity contribution in [2.24, 2.45) is 0 Å². The van der Waals surface area contributed by atoms with Crippen LogP contribution in [0.15, 0.2) is 24.3 Å². The summed E-state index contributed by atoms with van der Waals surface area (Å²) >= 11 is 4.42. The highest BCUT2D eigenvalue weighted by Crippen LogP contribution is 2.16. The summed E-state index contributed by atoms with van der Waals surface area (Å²) in [6.45, 7) is 2.37. The molecular formula is C13H17NO2S. The molecule has 4 heteroatoms. The van der Waals surface area contributed by atoms with E-state index < -0.39 is 0 Å². The first kappa shape index (κ1) is 12.5. The third kappa shape index (κ3) is 3.23. The summed E-state index contributed by atoms with van der Waals surface area (Å²) in [4.78, 5) is 14.2. The lowest BCUT2D eigenvalue weighted by Gasteiger charge is -2.13. The van der Waals surface area contributed by atoms with Gasteiger partial charge in [-0.15, -0.1) is 0 Å². The number of thiol groups is 1. The molecule has 0 N–H and O–H groups in total. The molecule has 0 aliphatic carbocycles. The van der Waals surface area contributed by atoms with Gasteiger partial charge in [-0.05, 0) is 37.2 Å². The summed E-state index contributed by atoms with van der Waals surface area (Å²) in [5, 5.41) is 0.415. The smallest absolute Gasteiger partial charge is 0.176 e. The number of rotatable bonds is 4. The van der Waals surface area contributed by atoms with Crippen molar-refractivity contribution >= 4 is 18.4 Å². The van der Waals surface area contributed by atoms with Crippen molar-refractivity contribution in [2.45, 2.75) is 11.7 Å². The van der Waals surface area contributed by atoms with Gasteiger partial charge in [0.15, 0.2) is 5.78 Å². The van der Waals surface area contributed by atoms with Crippen LogP contribution in [0.4, 0.5) is 0 Å². The zero-order valence-electron chi connectivity index (χ0n) is 9.93. The fraction of sp³-hybridized carbons (Fsp3) is 0.462. The van der Waals surface area contributed by atoms with Crippen molar-refractivity contribution in [3.63, 3.8) is 0 Å². The molecule has 1 atom stereocenters. The second-order valence-corrected chi connectivity index (χ2v) is 5.06. The van der Waals surface area contributed by atoms with Crippen LogP contribution < -0.4 is 4.74 Å². The number of hydrogen-bond acceptors (Lipinski definition) is 4. The van der Waals surface area contributed by atoms with Gasteiger partial charge in [0, 0.05) is 17.4 Å². The Hall–Kier alpha value is -1.00. The Bertz CT molecular complexity index is 391. The van der Waals surface area contributed by atoms with Crippen LogP contribution in [0.5, 0.6) is 5.75 Å². The first-order chi connectivity index (χ1) is 8.19. The maximum absolute atomic E-state index is 12.0. The van der Waals surface area contributed by atoms with Gasteiger partial charge in [-0.3, -0.25) is 9.69 Å². The van der Waals surface area contributed by atoms with E-state index >= 15 is 0 Å². The number of Topliss-reactive ketones (excluding diaryl/α,β-unsaturated/α-hetero) is 1. The fourth-order valence-corrected chi connectivity index (χ4v) is 2.37. The van der Waals surface area contributed by atoms with Crippen molar-refractivity contribution in [2.75, 3.05) is 26.7 Å². The number of benzene rings is 1. The van der Waals surface area contributed by atoms with E-state index in [9.17, 15) is 4.79 Å². The van der Waals surface area contributed by atoms with E-state index in [1.807, 2.05) is 24.3 Å². The molecule has 0 saturated carbocycles. The van der Waals surface area contributed by atoms with Gasteiger partial charge >= 0.3 is 0 Å². The summed E-state index contributed by atoms with van der Waals surface area (Å²) in [5.41, 5.74) is 0.744. The SMILES string of the molecule is COc1ccc(C(=O)CN2CCC(S)C2)cc1. The van der Waals surface area contributed by atoms with Gasteiger partial charge < -0.3 is 4.74 Å². The molecule has 2 rings (SSSR count). The van der Waals surface area contributed by atoms with E-state index in [0.717, 1.165) is 30.8 Å². The number of methoxy groups -OCH3 is 1. The van der Waals surface area contributed by atoms with Crippen LogP contribution in [0.2, 0.25) is 0 Å². The van der Waals surface area contributed by atoms with Crippen molar-refractivity contribution in [3.05, 3.63) is 29.8 Å².